The lowest BCUT2D eigenvalue weighted by Gasteiger charge is -2.30. The van der Waals surface area contributed by atoms with Gasteiger partial charge in [0.1, 0.15) is 11.3 Å². The molecule has 0 radical (unpaired) electrons. The molecule has 1 aromatic carbocycles. The lowest BCUT2D eigenvalue weighted by molar-refractivity contribution is 0.431. The summed E-state index contributed by atoms with van der Waals surface area (Å²) >= 11 is 0. The summed E-state index contributed by atoms with van der Waals surface area (Å²) in [6, 6.07) is 12.2. The van der Waals surface area contributed by atoms with E-state index < -0.39 is 0 Å². The molecule has 0 bridgehead atoms. The highest BCUT2D eigenvalue weighted by Crippen LogP contribution is 2.42. The van der Waals surface area contributed by atoms with E-state index in [1.807, 2.05) is 24.4 Å². The number of allylic oxidation sites excluding steroid dienone is 4. The number of phenolic OH excluding ortho intramolecular Hbond substituents is 1. The maximum Gasteiger partial charge on any atom is 0.145 e. The first-order valence-electron chi connectivity index (χ1n) is 9.45. The molecule has 0 spiro atoms. The average Bonchev–Trinajstić information content (AvgIpc) is 2.68. The maximum atomic E-state index is 11.0. The van der Waals surface area contributed by atoms with Crippen LogP contribution in [0.15, 0.2) is 72.6 Å². The minimum atomic E-state index is 0.145. The van der Waals surface area contributed by atoms with Crippen molar-refractivity contribution in [3.63, 3.8) is 0 Å². The van der Waals surface area contributed by atoms with E-state index in [4.69, 9.17) is 0 Å². The predicted molar refractivity (Wildman–Crippen MR) is 110 cm³/mol. The maximum absolute atomic E-state index is 11.0. The van der Waals surface area contributed by atoms with Crippen molar-refractivity contribution in [2.75, 3.05) is 0 Å². The second kappa shape index (κ2) is 7.36. The fourth-order valence-corrected chi connectivity index (χ4v) is 4.09. The lowest BCUT2D eigenvalue weighted by atomic mass is 9.75. The molecule has 3 nitrogen and oxygen atoms in total. The smallest absolute Gasteiger partial charge is 0.145 e. The molecule has 2 unspecified atom stereocenters. The number of phenols is 1. The van der Waals surface area contributed by atoms with Crippen LogP contribution in [0, 0.1) is 12.8 Å². The van der Waals surface area contributed by atoms with Gasteiger partial charge in [0.05, 0.1) is 0 Å². The largest absolute Gasteiger partial charge is 0.505 e. The molecule has 27 heavy (non-hydrogen) atoms. The van der Waals surface area contributed by atoms with Crippen LogP contribution < -0.4 is 0 Å². The van der Waals surface area contributed by atoms with Crippen LogP contribution >= 0.6 is 0 Å². The number of benzene rings is 1. The van der Waals surface area contributed by atoms with Crippen LogP contribution in [-0.2, 0) is 6.42 Å². The summed E-state index contributed by atoms with van der Waals surface area (Å²) in [6.45, 7) is 4.27. The van der Waals surface area contributed by atoms with Crippen molar-refractivity contribution < 1.29 is 5.11 Å². The number of aryl methyl sites for hydroxylation is 1. The van der Waals surface area contributed by atoms with Gasteiger partial charge in [-0.15, -0.1) is 0 Å². The quantitative estimate of drug-likeness (QED) is 0.672. The molecule has 3 aromatic rings. The number of aromatic nitrogens is 2. The monoisotopic (exact) mass is 356 g/mol. The van der Waals surface area contributed by atoms with Gasteiger partial charge in [-0.3, -0.25) is 9.97 Å². The van der Waals surface area contributed by atoms with Crippen molar-refractivity contribution in [2.24, 2.45) is 5.92 Å². The number of hydrogen-bond donors (Lipinski definition) is 1. The van der Waals surface area contributed by atoms with Crippen LogP contribution in [0.2, 0.25) is 0 Å². The van der Waals surface area contributed by atoms with Crippen molar-refractivity contribution in [1.82, 2.24) is 9.97 Å². The Morgan fingerprint density at radius 1 is 1.11 bits per heavy atom. The summed E-state index contributed by atoms with van der Waals surface area (Å²) in [6.07, 6.45) is 11.9. The van der Waals surface area contributed by atoms with E-state index in [1.54, 1.807) is 6.20 Å². The molecular formula is C24H24N2O. The molecule has 4 rings (SSSR count). The zero-order valence-corrected chi connectivity index (χ0v) is 15.8. The third kappa shape index (κ3) is 3.50. The highest BCUT2D eigenvalue weighted by molar-refractivity contribution is 5.85. The molecular weight excluding hydrogens is 332 g/mol. The SMILES string of the molecule is CC1=CC=CCC1C(Cc1cc(C)ccn1)c1ccc2cccnc2c1O. The van der Waals surface area contributed by atoms with Crippen LogP contribution in [0.1, 0.15) is 36.1 Å². The second-order valence-corrected chi connectivity index (χ2v) is 7.39. The van der Waals surface area contributed by atoms with E-state index >= 15 is 0 Å². The number of rotatable bonds is 4. The number of aromatic hydroxyl groups is 1. The van der Waals surface area contributed by atoms with Crippen molar-refractivity contribution in [3.05, 3.63) is 89.4 Å². The fourth-order valence-electron chi connectivity index (χ4n) is 4.09. The van der Waals surface area contributed by atoms with Gasteiger partial charge in [-0.05, 0) is 62.3 Å². The van der Waals surface area contributed by atoms with Crippen molar-refractivity contribution in [2.45, 2.75) is 32.6 Å². The minimum Gasteiger partial charge on any atom is -0.505 e. The molecule has 2 atom stereocenters. The minimum absolute atomic E-state index is 0.145. The Labute approximate surface area is 160 Å². The van der Waals surface area contributed by atoms with Crippen molar-refractivity contribution in [3.8, 4) is 5.75 Å². The Morgan fingerprint density at radius 3 is 2.81 bits per heavy atom. The lowest BCUT2D eigenvalue weighted by Crippen LogP contribution is -2.18. The topological polar surface area (TPSA) is 46.0 Å². The van der Waals surface area contributed by atoms with Gasteiger partial charge in [-0.1, -0.05) is 42.0 Å². The van der Waals surface area contributed by atoms with E-state index in [0.717, 1.165) is 29.5 Å². The third-order valence-corrected chi connectivity index (χ3v) is 5.54. The van der Waals surface area contributed by atoms with Crippen LogP contribution in [0.5, 0.6) is 5.75 Å². The van der Waals surface area contributed by atoms with E-state index in [1.165, 1.54) is 11.1 Å². The normalized spacial score (nSPS) is 17.7. The number of hydrogen-bond acceptors (Lipinski definition) is 3. The highest BCUT2D eigenvalue weighted by atomic mass is 16.3. The molecule has 1 aliphatic carbocycles. The van der Waals surface area contributed by atoms with Gasteiger partial charge in [0.2, 0.25) is 0 Å². The Hall–Kier alpha value is -2.94. The summed E-state index contributed by atoms with van der Waals surface area (Å²) in [5, 5.41) is 12.0. The first kappa shape index (κ1) is 17.5. The van der Waals surface area contributed by atoms with E-state index in [-0.39, 0.29) is 5.92 Å². The van der Waals surface area contributed by atoms with Crippen molar-refractivity contribution in [1.29, 1.82) is 0 Å². The summed E-state index contributed by atoms with van der Waals surface area (Å²) in [5.41, 5.74) is 5.24. The molecule has 0 aliphatic heterocycles. The van der Waals surface area contributed by atoms with Gasteiger partial charge in [-0.25, -0.2) is 0 Å². The van der Waals surface area contributed by atoms with Gasteiger partial charge >= 0.3 is 0 Å². The molecule has 0 saturated heterocycles. The standard InChI is InChI=1S/C24H24N2O/c1-16-11-13-25-19(14-16)15-22(20-8-4-3-6-17(20)2)21-10-9-18-7-5-12-26-23(18)24(21)27/h3-7,9-14,20,22,27H,8,15H2,1-2H3. The molecule has 1 aliphatic rings. The summed E-state index contributed by atoms with van der Waals surface area (Å²) in [5.74, 6) is 0.782. The Balaban J connectivity index is 1.81. The van der Waals surface area contributed by atoms with Gasteiger partial charge in [-0.2, -0.15) is 0 Å². The molecule has 0 fully saturated rings. The van der Waals surface area contributed by atoms with E-state index in [9.17, 15) is 5.11 Å². The van der Waals surface area contributed by atoms with Crippen molar-refractivity contribution >= 4 is 10.9 Å². The average molecular weight is 356 g/mol. The Kier molecular flexibility index (Phi) is 4.76. The second-order valence-electron chi connectivity index (χ2n) is 7.39. The molecule has 3 heteroatoms. The fraction of sp³-hybridized carbons (Fsp3) is 0.250. The molecule has 2 aromatic heterocycles. The number of fused-ring (bicyclic) bond motifs is 1. The van der Waals surface area contributed by atoms with E-state index in [0.29, 0.717) is 17.2 Å². The van der Waals surface area contributed by atoms with Gasteiger partial charge < -0.3 is 5.11 Å². The zero-order chi connectivity index (χ0) is 18.8. The Morgan fingerprint density at radius 2 is 2.00 bits per heavy atom. The summed E-state index contributed by atoms with van der Waals surface area (Å²) in [4.78, 5) is 9.00. The number of nitrogens with zero attached hydrogens (tertiary/aromatic N) is 2. The molecule has 136 valence electrons. The summed E-state index contributed by atoms with van der Waals surface area (Å²) < 4.78 is 0. The molecule has 1 N–H and O–H groups in total. The number of pyridine rings is 2. The van der Waals surface area contributed by atoms with Crippen LogP contribution in [-0.4, -0.2) is 15.1 Å². The first-order chi connectivity index (χ1) is 13.1. The van der Waals surface area contributed by atoms with Gasteiger partial charge in [0.25, 0.3) is 0 Å². The molecule has 0 saturated carbocycles. The van der Waals surface area contributed by atoms with Crippen LogP contribution in [0.25, 0.3) is 10.9 Å². The van der Waals surface area contributed by atoms with Crippen LogP contribution in [0.3, 0.4) is 0 Å². The predicted octanol–water partition coefficient (Wildman–Crippen LogP) is 5.49. The first-order valence-corrected chi connectivity index (χ1v) is 9.45. The third-order valence-electron chi connectivity index (χ3n) is 5.54. The summed E-state index contributed by atoms with van der Waals surface area (Å²) in [7, 11) is 0. The zero-order valence-electron chi connectivity index (χ0n) is 15.8. The molecule has 0 amide bonds. The molecule has 2 heterocycles. The van der Waals surface area contributed by atoms with Gasteiger partial charge in [0, 0.05) is 29.0 Å². The highest BCUT2D eigenvalue weighted by Gasteiger charge is 2.28. The van der Waals surface area contributed by atoms with Crippen LogP contribution in [0.4, 0.5) is 0 Å². The van der Waals surface area contributed by atoms with E-state index in [2.05, 4.69) is 60.2 Å². The van der Waals surface area contributed by atoms with Gasteiger partial charge in [0.15, 0.2) is 0 Å². The Bertz CT molecular complexity index is 1040.